The van der Waals surface area contributed by atoms with Gasteiger partial charge in [-0.1, -0.05) is 19.3 Å². The monoisotopic (exact) mass is 285 g/mol. The highest BCUT2D eigenvalue weighted by Gasteiger charge is 2.51. The van der Waals surface area contributed by atoms with Crippen LogP contribution >= 0.6 is 0 Å². The van der Waals surface area contributed by atoms with Gasteiger partial charge in [-0.15, -0.1) is 0 Å². The molecule has 0 aliphatic heterocycles. The van der Waals surface area contributed by atoms with Crippen molar-refractivity contribution in [1.29, 1.82) is 0 Å². The number of nitrogens with one attached hydrogen (secondary N) is 1. The van der Waals surface area contributed by atoms with E-state index in [-0.39, 0.29) is 12.8 Å². The van der Waals surface area contributed by atoms with E-state index in [2.05, 4.69) is 0 Å². The molecule has 1 fully saturated rings. The van der Waals surface area contributed by atoms with Gasteiger partial charge in [-0.3, -0.25) is 9.59 Å². The van der Waals surface area contributed by atoms with E-state index in [1.54, 1.807) is 0 Å². The van der Waals surface area contributed by atoms with Gasteiger partial charge in [-0.25, -0.2) is 8.78 Å². The number of amides is 1. The van der Waals surface area contributed by atoms with Crippen LogP contribution in [0.5, 0.6) is 0 Å². The Bertz CT molecular complexity index is 354. The zero-order chi connectivity index (χ0) is 14.7. The van der Waals surface area contributed by atoms with Crippen LogP contribution in [0.3, 0.4) is 0 Å². The molecule has 0 aromatic heterocycles. The standard InChI is InChI=1S/C11H15F4NO3/c12-8(13)11(14,15)9(19)16-10(6-7(17)18)4-2-1-3-5-10/h8H,1-6H2,(H,16,19)(H,17,18). The number of hydrogen-bond acceptors (Lipinski definition) is 2. The Morgan fingerprint density at radius 3 is 2.16 bits per heavy atom. The lowest BCUT2D eigenvalue weighted by molar-refractivity contribution is -0.172. The molecule has 4 nitrogen and oxygen atoms in total. The fourth-order valence-electron chi connectivity index (χ4n) is 2.29. The molecule has 0 unspecified atom stereocenters. The van der Waals surface area contributed by atoms with Gasteiger partial charge < -0.3 is 10.4 Å². The van der Waals surface area contributed by atoms with Crippen molar-refractivity contribution in [1.82, 2.24) is 5.32 Å². The third-order valence-electron chi connectivity index (χ3n) is 3.26. The SMILES string of the molecule is O=C(O)CC1(NC(=O)C(F)(F)C(F)F)CCCCC1. The molecule has 8 heteroatoms. The van der Waals surface area contributed by atoms with Gasteiger partial charge in [0.05, 0.1) is 12.0 Å². The smallest absolute Gasteiger partial charge is 0.383 e. The Kier molecular flexibility index (Phi) is 4.75. The van der Waals surface area contributed by atoms with Gasteiger partial charge in [0, 0.05) is 0 Å². The van der Waals surface area contributed by atoms with Gasteiger partial charge in [0.25, 0.3) is 5.91 Å². The van der Waals surface area contributed by atoms with Gasteiger partial charge in [-0.05, 0) is 12.8 Å². The highest BCUT2D eigenvalue weighted by Crippen LogP contribution is 2.33. The first kappa shape index (κ1) is 15.7. The Balaban J connectivity index is 2.83. The summed E-state index contributed by atoms with van der Waals surface area (Å²) >= 11 is 0. The van der Waals surface area contributed by atoms with Crippen LogP contribution in [0.15, 0.2) is 0 Å². The second-order valence-electron chi connectivity index (χ2n) is 4.79. The topological polar surface area (TPSA) is 66.4 Å². The van der Waals surface area contributed by atoms with Crippen LogP contribution in [0.4, 0.5) is 17.6 Å². The summed E-state index contributed by atoms with van der Waals surface area (Å²) in [6.07, 6.45) is -2.34. The fourth-order valence-corrected chi connectivity index (χ4v) is 2.29. The minimum atomic E-state index is -4.80. The van der Waals surface area contributed by atoms with Gasteiger partial charge in [0.15, 0.2) is 0 Å². The summed E-state index contributed by atoms with van der Waals surface area (Å²) in [4.78, 5) is 22.0. The van der Waals surface area contributed by atoms with Crippen molar-refractivity contribution in [3.63, 3.8) is 0 Å². The molecule has 1 aliphatic rings. The number of halogens is 4. The predicted octanol–water partition coefficient (Wildman–Crippen LogP) is 2.18. The van der Waals surface area contributed by atoms with Gasteiger partial charge in [-0.2, -0.15) is 8.78 Å². The number of hydrogen-bond donors (Lipinski definition) is 2. The molecule has 0 heterocycles. The highest BCUT2D eigenvalue weighted by atomic mass is 19.3. The average molecular weight is 285 g/mol. The molecule has 0 spiro atoms. The van der Waals surface area contributed by atoms with Gasteiger partial charge in [0.1, 0.15) is 0 Å². The summed E-state index contributed by atoms with van der Waals surface area (Å²) in [6, 6.07) is 0. The van der Waals surface area contributed by atoms with Crippen molar-refractivity contribution in [3.8, 4) is 0 Å². The lowest BCUT2D eigenvalue weighted by Gasteiger charge is -2.37. The maximum absolute atomic E-state index is 12.9. The first-order chi connectivity index (χ1) is 8.69. The summed E-state index contributed by atoms with van der Waals surface area (Å²) in [6.45, 7) is 0. The summed E-state index contributed by atoms with van der Waals surface area (Å²) in [5.74, 6) is -8.17. The molecule has 0 bridgehead atoms. The molecular formula is C11H15F4NO3. The summed E-state index contributed by atoms with van der Waals surface area (Å²) < 4.78 is 49.9. The quantitative estimate of drug-likeness (QED) is 0.761. The molecule has 0 aromatic rings. The minimum absolute atomic E-state index is 0.199. The fraction of sp³-hybridized carbons (Fsp3) is 0.818. The number of carboxylic acid groups (broad SMARTS) is 1. The molecule has 1 rings (SSSR count). The van der Waals surface area contributed by atoms with Crippen molar-refractivity contribution in [2.45, 2.75) is 56.4 Å². The first-order valence-corrected chi connectivity index (χ1v) is 5.90. The predicted molar refractivity (Wildman–Crippen MR) is 57.2 cm³/mol. The van der Waals surface area contributed by atoms with Crippen LogP contribution in [-0.2, 0) is 9.59 Å². The third kappa shape index (κ3) is 3.81. The Labute approximate surface area is 107 Å². The van der Waals surface area contributed by atoms with Crippen LogP contribution < -0.4 is 5.32 Å². The van der Waals surface area contributed by atoms with E-state index < -0.39 is 36.2 Å². The molecule has 1 amide bonds. The number of carbonyl (C=O) groups is 2. The molecular weight excluding hydrogens is 270 g/mol. The number of carbonyl (C=O) groups excluding carboxylic acids is 1. The normalized spacial score (nSPS) is 19.2. The molecule has 0 aromatic carbocycles. The maximum Gasteiger partial charge on any atom is 0.383 e. The van der Waals surface area contributed by atoms with Crippen LogP contribution in [0.2, 0.25) is 0 Å². The van der Waals surface area contributed by atoms with Crippen LogP contribution in [0.1, 0.15) is 38.5 Å². The van der Waals surface area contributed by atoms with E-state index in [1.807, 2.05) is 5.32 Å². The van der Waals surface area contributed by atoms with E-state index in [1.165, 1.54) is 0 Å². The largest absolute Gasteiger partial charge is 0.481 e. The molecule has 0 saturated heterocycles. The van der Waals surface area contributed by atoms with Crippen molar-refractivity contribution < 1.29 is 32.3 Å². The number of aliphatic carboxylic acids is 1. The molecule has 0 atom stereocenters. The molecule has 1 saturated carbocycles. The molecule has 19 heavy (non-hydrogen) atoms. The second-order valence-corrected chi connectivity index (χ2v) is 4.79. The minimum Gasteiger partial charge on any atom is -0.481 e. The van der Waals surface area contributed by atoms with E-state index >= 15 is 0 Å². The van der Waals surface area contributed by atoms with Crippen LogP contribution in [0.25, 0.3) is 0 Å². The molecule has 0 radical (unpaired) electrons. The van der Waals surface area contributed by atoms with Gasteiger partial charge >= 0.3 is 18.3 Å². The number of alkyl halides is 4. The Morgan fingerprint density at radius 1 is 1.21 bits per heavy atom. The van der Waals surface area contributed by atoms with Crippen molar-refractivity contribution in [3.05, 3.63) is 0 Å². The zero-order valence-electron chi connectivity index (χ0n) is 10.1. The zero-order valence-corrected chi connectivity index (χ0v) is 10.1. The average Bonchev–Trinajstić information content (AvgIpc) is 2.28. The van der Waals surface area contributed by atoms with E-state index in [0.29, 0.717) is 12.8 Å². The van der Waals surface area contributed by atoms with E-state index in [4.69, 9.17) is 5.11 Å². The maximum atomic E-state index is 12.9. The molecule has 1 aliphatic carbocycles. The van der Waals surface area contributed by atoms with Gasteiger partial charge in [0.2, 0.25) is 0 Å². The summed E-state index contributed by atoms with van der Waals surface area (Å²) in [5, 5.41) is 10.6. The molecule has 2 N–H and O–H groups in total. The van der Waals surface area contributed by atoms with Crippen molar-refractivity contribution in [2.75, 3.05) is 0 Å². The summed E-state index contributed by atoms with van der Waals surface area (Å²) in [7, 11) is 0. The third-order valence-corrected chi connectivity index (χ3v) is 3.26. The van der Waals surface area contributed by atoms with Crippen LogP contribution in [0, 0.1) is 0 Å². The lowest BCUT2D eigenvalue weighted by atomic mass is 9.79. The van der Waals surface area contributed by atoms with E-state index in [0.717, 1.165) is 6.42 Å². The molecule has 110 valence electrons. The Morgan fingerprint density at radius 2 is 1.74 bits per heavy atom. The van der Waals surface area contributed by atoms with Crippen molar-refractivity contribution >= 4 is 11.9 Å². The summed E-state index contributed by atoms with van der Waals surface area (Å²) in [5.41, 5.74) is -1.35. The second kappa shape index (κ2) is 5.75. The van der Waals surface area contributed by atoms with Crippen molar-refractivity contribution in [2.24, 2.45) is 0 Å². The Hall–Kier alpha value is -1.34. The number of carboxylic acids is 1. The highest BCUT2D eigenvalue weighted by molar-refractivity contribution is 5.85. The number of rotatable bonds is 5. The lowest BCUT2D eigenvalue weighted by Crippen LogP contribution is -2.57. The first-order valence-electron chi connectivity index (χ1n) is 5.90. The van der Waals surface area contributed by atoms with E-state index in [9.17, 15) is 27.2 Å². The van der Waals surface area contributed by atoms with Crippen LogP contribution in [-0.4, -0.2) is 34.9 Å².